The normalized spacial score (nSPS) is 10.9. The summed E-state index contributed by atoms with van der Waals surface area (Å²) in [4.78, 5) is 22.6. The van der Waals surface area contributed by atoms with Crippen molar-refractivity contribution in [3.05, 3.63) is 50.4 Å². The molecule has 1 unspecified atom stereocenters. The summed E-state index contributed by atoms with van der Waals surface area (Å²) in [6.45, 7) is 1.58. The number of rotatable bonds is 7. The fourth-order valence-corrected chi connectivity index (χ4v) is 4.20. The number of phenols is 1. The monoisotopic (exact) mass is 503 g/mol. The average Bonchev–Trinajstić information content (AvgIpc) is 2.57. The lowest BCUT2D eigenvalue weighted by Gasteiger charge is -2.13. The van der Waals surface area contributed by atoms with Crippen molar-refractivity contribution in [3.8, 4) is 17.2 Å². The molecule has 0 aromatic heterocycles. The Hall–Kier alpha value is -1.63. The van der Waals surface area contributed by atoms with Gasteiger partial charge in [-0.1, -0.05) is 0 Å². The lowest BCUT2D eigenvalue weighted by atomic mass is 10.1. The van der Waals surface area contributed by atoms with Crippen LogP contribution in [0.1, 0.15) is 15.9 Å². The molecule has 2 aromatic carbocycles. The molecule has 2 rings (SSSR count). The Labute approximate surface area is 169 Å². The molecule has 2 aromatic rings. The van der Waals surface area contributed by atoms with E-state index >= 15 is 0 Å². The first-order valence-corrected chi connectivity index (χ1v) is 10.7. The van der Waals surface area contributed by atoms with Crippen LogP contribution in [-0.2, 0) is 11.0 Å². The fourth-order valence-electron chi connectivity index (χ4n) is 2.15. The molecule has 0 saturated heterocycles. The third kappa shape index (κ3) is 5.43. The van der Waals surface area contributed by atoms with Gasteiger partial charge in [0.05, 0.1) is 14.5 Å². The van der Waals surface area contributed by atoms with Crippen LogP contribution in [0.4, 0.5) is 0 Å². The average molecular weight is 505 g/mol. The smallest absolute Gasteiger partial charge is 0.322 e. The predicted molar refractivity (Wildman–Crippen MR) is 108 cm³/mol. The number of carbonyl (C=O) groups is 2. The minimum Gasteiger partial charge on any atom is -0.507 e. The molecule has 0 fully saturated rings. The Morgan fingerprint density at radius 1 is 1.19 bits per heavy atom. The third-order valence-corrected chi connectivity index (χ3v) is 5.21. The molecule has 0 aliphatic rings. The molecule has 3 N–H and O–H groups in total. The lowest BCUT2D eigenvalue weighted by molar-refractivity contribution is -0.135. The van der Waals surface area contributed by atoms with Crippen molar-refractivity contribution in [1.82, 2.24) is 5.32 Å². The molecule has 0 heterocycles. The predicted octanol–water partition coefficient (Wildman–Crippen LogP) is 4.33. The topological polar surface area (TPSA) is 95.9 Å². The summed E-state index contributed by atoms with van der Waals surface area (Å²) in [6, 6.07) is 8.13. The van der Waals surface area contributed by atoms with E-state index < -0.39 is 18.4 Å². The summed E-state index contributed by atoms with van der Waals surface area (Å²) in [5, 5.41) is 20.7. The molecule has 6 nitrogen and oxygen atoms in total. The highest BCUT2D eigenvalue weighted by molar-refractivity contribution is 9.11. The van der Waals surface area contributed by atoms with Crippen LogP contribution >= 0.6 is 40.4 Å². The van der Waals surface area contributed by atoms with Gasteiger partial charge in [0.1, 0.15) is 18.0 Å². The molecule has 138 valence electrons. The van der Waals surface area contributed by atoms with Crippen LogP contribution in [0.3, 0.4) is 0 Å². The summed E-state index contributed by atoms with van der Waals surface area (Å²) >= 11 is 6.96. The largest absolute Gasteiger partial charge is 0.507 e. The van der Waals surface area contributed by atoms with Crippen molar-refractivity contribution < 1.29 is 24.5 Å². The Kier molecular flexibility index (Phi) is 7.43. The second-order valence-electron chi connectivity index (χ2n) is 5.28. The van der Waals surface area contributed by atoms with Gasteiger partial charge >= 0.3 is 5.97 Å². The number of amides is 1. The number of carboxylic acid groups (broad SMARTS) is 1. The summed E-state index contributed by atoms with van der Waals surface area (Å²) in [5.41, 5.74) is 1.09. The number of carbonyl (C=O) groups excluding carboxylic acids is 1. The first-order valence-electron chi connectivity index (χ1n) is 7.45. The van der Waals surface area contributed by atoms with Gasteiger partial charge in [-0.05, 0) is 80.6 Å². The van der Waals surface area contributed by atoms with Gasteiger partial charge in [-0.2, -0.15) is 0 Å². The van der Waals surface area contributed by atoms with E-state index in [1.54, 1.807) is 0 Å². The molecule has 0 saturated carbocycles. The quantitative estimate of drug-likeness (QED) is 0.488. The number of nitrogens with one attached hydrogen (secondary N) is 1. The number of halogens is 2. The van der Waals surface area contributed by atoms with E-state index in [9.17, 15) is 14.7 Å². The summed E-state index contributed by atoms with van der Waals surface area (Å²) < 4.78 is 7.35. The first-order chi connectivity index (χ1) is 12.3. The summed E-state index contributed by atoms with van der Waals surface area (Å²) in [6.07, 6.45) is 0.963. The van der Waals surface area contributed by atoms with Crippen LogP contribution in [0.5, 0.6) is 17.2 Å². The number of carboxylic acids is 1. The van der Waals surface area contributed by atoms with E-state index in [1.165, 1.54) is 18.2 Å². The van der Waals surface area contributed by atoms with Crippen molar-refractivity contribution in [1.29, 1.82) is 0 Å². The van der Waals surface area contributed by atoms with Gasteiger partial charge < -0.3 is 20.3 Å². The van der Waals surface area contributed by atoms with Crippen molar-refractivity contribution in [3.63, 3.8) is 0 Å². The van der Waals surface area contributed by atoms with Crippen molar-refractivity contribution in [2.75, 3.05) is 13.2 Å². The van der Waals surface area contributed by atoms with Gasteiger partial charge in [0.2, 0.25) is 0 Å². The van der Waals surface area contributed by atoms with Crippen LogP contribution in [0.2, 0.25) is 0 Å². The number of hydrogen-bond donors (Lipinski definition) is 3. The molecule has 9 heteroatoms. The Morgan fingerprint density at radius 3 is 2.42 bits per heavy atom. The maximum atomic E-state index is 12.0. The molecule has 0 aliphatic heterocycles. The van der Waals surface area contributed by atoms with E-state index in [4.69, 9.17) is 9.84 Å². The second kappa shape index (κ2) is 9.35. The van der Waals surface area contributed by atoms with E-state index in [-0.39, 0.29) is 11.3 Å². The number of aliphatic carboxylic acids is 1. The molecular weight excluding hydrogens is 489 g/mol. The van der Waals surface area contributed by atoms with Crippen LogP contribution in [0, 0.1) is 0 Å². The standard InChI is InChI=1S/C17H16Br2NO5P/c1-26-8-9-4-12(18)16(13(19)5-9)25-10-2-3-14(21)11(6-10)17(24)20-7-15(22)23/h2-6,21,26H,7-8H2,1H3,(H,20,24)(H,22,23). The number of ether oxygens (including phenoxy) is 1. The zero-order valence-corrected chi connectivity index (χ0v) is 17.8. The molecule has 0 radical (unpaired) electrons. The number of phenolic OH excluding ortho intramolecular Hbond substituents is 1. The molecule has 0 spiro atoms. The van der Waals surface area contributed by atoms with E-state index in [0.717, 1.165) is 29.3 Å². The van der Waals surface area contributed by atoms with Crippen LogP contribution in [0.15, 0.2) is 39.3 Å². The zero-order chi connectivity index (χ0) is 19.3. The van der Waals surface area contributed by atoms with Gasteiger partial charge in [0.15, 0.2) is 5.75 Å². The molecule has 0 bridgehead atoms. The van der Waals surface area contributed by atoms with Crippen molar-refractivity contribution in [2.45, 2.75) is 6.16 Å². The highest BCUT2D eigenvalue weighted by atomic mass is 79.9. The van der Waals surface area contributed by atoms with Gasteiger partial charge in [-0.15, -0.1) is 8.58 Å². The Morgan fingerprint density at radius 2 is 1.85 bits per heavy atom. The van der Waals surface area contributed by atoms with Crippen LogP contribution in [0.25, 0.3) is 0 Å². The zero-order valence-electron chi connectivity index (χ0n) is 13.7. The van der Waals surface area contributed by atoms with Crippen LogP contribution in [-0.4, -0.2) is 35.3 Å². The third-order valence-electron chi connectivity index (χ3n) is 3.27. The molecule has 1 amide bonds. The number of aromatic hydroxyl groups is 1. The fraction of sp³-hybridized carbons (Fsp3) is 0.176. The highest BCUT2D eigenvalue weighted by Gasteiger charge is 2.15. The van der Waals surface area contributed by atoms with Gasteiger partial charge in [0, 0.05) is 0 Å². The minimum absolute atomic E-state index is 0.0696. The van der Waals surface area contributed by atoms with Gasteiger partial charge in [-0.25, -0.2) is 0 Å². The first kappa shape index (κ1) is 20.7. The highest BCUT2D eigenvalue weighted by Crippen LogP contribution is 2.39. The van der Waals surface area contributed by atoms with Gasteiger partial charge in [0.25, 0.3) is 5.91 Å². The maximum Gasteiger partial charge on any atom is 0.322 e. The van der Waals surface area contributed by atoms with Gasteiger partial charge in [-0.3, -0.25) is 9.59 Å². The summed E-state index contributed by atoms with van der Waals surface area (Å²) in [7, 11) is 0.793. The van der Waals surface area contributed by atoms with Crippen LogP contribution < -0.4 is 10.1 Å². The molecule has 1 atom stereocenters. The lowest BCUT2D eigenvalue weighted by Crippen LogP contribution is -2.29. The van der Waals surface area contributed by atoms with E-state index in [2.05, 4.69) is 43.8 Å². The van der Waals surface area contributed by atoms with E-state index in [0.29, 0.717) is 11.5 Å². The SMILES string of the molecule is CPCc1cc(Br)c(Oc2ccc(O)c(C(=O)NCC(=O)O)c2)c(Br)c1. The minimum atomic E-state index is -1.18. The Balaban J connectivity index is 2.27. The Bertz CT molecular complexity index is 821. The van der Waals surface area contributed by atoms with E-state index in [1.807, 2.05) is 12.1 Å². The second-order valence-corrected chi connectivity index (χ2v) is 8.05. The molecule has 0 aliphatic carbocycles. The molecular formula is C17H16Br2NO5P. The number of benzene rings is 2. The van der Waals surface area contributed by atoms with Crippen molar-refractivity contribution in [2.24, 2.45) is 0 Å². The summed E-state index contributed by atoms with van der Waals surface area (Å²) in [5.74, 6) is -1.28. The van der Waals surface area contributed by atoms with Crippen molar-refractivity contribution >= 4 is 52.3 Å². The molecule has 26 heavy (non-hydrogen) atoms. The number of hydrogen-bond acceptors (Lipinski definition) is 4. The maximum absolute atomic E-state index is 12.0.